The van der Waals surface area contributed by atoms with Crippen LogP contribution in [0.2, 0.25) is 0 Å². The lowest BCUT2D eigenvalue weighted by atomic mass is 9.88. The molecule has 4 rings (SSSR count). The van der Waals surface area contributed by atoms with Crippen LogP contribution in [-0.4, -0.2) is 70.1 Å². The molecule has 0 radical (unpaired) electrons. The number of carbonyl (C=O) groups excluding carboxylic acids is 1. The minimum atomic E-state index is -0.923. The Hall–Kier alpha value is -2.15. The number of hydrogen-bond acceptors (Lipinski definition) is 3. The molecule has 0 aromatic heterocycles. The molecule has 1 aromatic rings. The van der Waals surface area contributed by atoms with Gasteiger partial charge in [0.2, 0.25) is 5.91 Å². The van der Waals surface area contributed by atoms with E-state index >= 15 is 0 Å². The van der Waals surface area contributed by atoms with Crippen LogP contribution in [0, 0.1) is 12.7 Å². The van der Waals surface area contributed by atoms with Gasteiger partial charge in [-0.15, -0.1) is 0 Å². The predicted octanol–water partition coefficient (Wildman–Crippen LogP) is 2.62. The molecule has 7 heteroatoms. The minimum Gasteiger partial charge on any atom is -0.465 e. The first-order valence-corrected chi connectivity index (χ1v) is 9.73. The largest absolute Gasteiger partial charge is 0.465 e. The lowest BCUT2D eigenvalue weighted by Gasteiger charge is -2.46. The Labute approximate surface area is 158 Å². The molecule has 0 spiro atoms. The molecule has 2 unspecified atom stereocenters. The first-order chi connectivity index (χ1) is 12.9. The lowest BCUT2D eigenvalue weighted by molar-refractivity contribution is -0.131. The van der Waals surface area contributed by atoms with Gasteiger partial charge in [0, 0.05) is 44.7 Å². The first-order valence-electron chi connectivity index (χ1n) is 9.73. The third-order valence-corrected chi connectivity index (χ3v) is 6.45. The number of benzene rings is 1. The molecule has 3 fully saturated rings. The number of amides is 2. The Kier molecular flexibility index (Phi) is 4.80. The van der Waals surface area contributed by atoms with Crippen molar-refractivity contribution in [1.82, 2.24) is 14.7 Å². The van der Waals surface area contributed by atoms with Crippen LogP contribution in [0.25, 0.3) is 0 Å². The maximum atomic E-state index is 13.5. The normalized spacial score (nSPS) is 29.1. The fourth-order valence-electron chi connectivity index (χ4n) is 5.04. The van der Waals surface area contributed by atoms with Crippen LogP contribution in [0.15, 0.2) is 18.2 Å². The Balaban J connectivity index is 1.53. The van der Waals surface area contributed by atoms with Gasteiger partial charge in [-0.2, -0.15) is 0 Å². The molecule has 0 aliphatic carbocycles. The lowest BCUT2D eigenvalue weighted by Crippen LogP contribution is -2.57. The van der Waals surface area contributed by atoms with E-state index in [2.05, 4.69) is 4.90 Å². The van der Waals surface area contributed by atoms with Crippen LogP contribution < -0.4 is 0 Å². The highest BCUT2D eigenvalue weighted by Crippen LogP contribution is 2.36. The average Bonchev–Trinajstić information content (AvgIpc) is 3.01. The van der Waals surface area contributed by atoms with Gasteiger partial charge < -0.3 is 14.9 Å². The van der Waals surface area contributed by atoms with Crippen LogP contribution >= 0.6 is 0 Å². The molecule has 1 N–H and O–H groups in total. The summed E-state index contributed by atoms with van der Waals surface area (Å²) in [5.74, 6) is -0.0346. The SMILES string of the molecule is Cc1cc(F)ccc1C1CC(N2CCN3C(=O)CC[C@H]3C2)CCN1C(=O)O. The summed E-state index contributed by atoms with van der Waals surface area (Å²) in [5.41, 5.74) is 1.68. The number of aryl methyl sites for hydroxylation is 1. The number of piperidine rings is 1. The van der Waals surface area contributed by atoms with Crippen molar-refractivity contribution in [3.63, 3.8) is 0 Å². The van der Waals surface area contributed by atoms with Crippen LogP contribution in [0.5, 0.6) is 0 Å². The smallest absolute Gasteiger partial charge is 0.407 e. The van der Waals surface area contributed by atoms with Crippen LogP contribution in [-0.2, 0) is 4.79 Å². The first kappa shape index (κ1) is 18.2. The van der Waals surface area contributed by atoms with Gasteiger partial charge in [-0.1, -0.05) is 6.07 Å². The van der Waals surface area contributed by atoms with Crippen LogP contribution in [0.4, 0.5) is 9.18 Å². The van der Waals surface area contributed by atoms with E-state index in [-0.39, 0.29) is 23.8 Å². The summed E-state index contributed by atoms with van der Waals surface area (Å²) in [7, 11) is 0. The second kappa shape index (κ2) is 7.11. The van der Waals surface area contributed by atoms with E-state index in [0.29, 0.717) is 25.4 Å². The number of piperazine rings is 1. The van der Waals surface area contributed by atoms with Gasteiger partial charge in [0.15, 0.2) is 0 Å². The molecule has 0 bridgehead atoms. The van der Waals surface area contributed by atoms with Gasteiger partial charge >= 0.3 is 6.09 Å². The molecule has 146 valence electrons. The van der Waals surface area contributed by atoms with Crippen molar-refractivity contribution < 1.29 is 19.1 Å². The van der Waals surface area contributed by atoms with E-state index in [1.807, 2.05) is 11.8 Å². The Morgan fingerprint density at radius 2 is 2.00 bits per heavy atom. The van der Waals surface area contributed by atoms with Crippen molar-refractivity contribution in [2.75, 3.05) is 26.2 Å². The van der Waals surface area contributed by atoms with E-state index in [0.717, 1.165) is 43.6 Å². The highest BCUT2D eigenvalue weighted by Gasteiger charge is 2.41. The quantitative estimate of drug-likeness (QED) is 0.863. The summed E-state index contributed by atoms with van der Waals surface area (Å²) in [6.45, 7) is 4.80. The van der Waals surface area contributed by atoms with E-state index in [1.54, 1.807) is 6.07 Å². The number of nitrogens with zero attached hydrogens (tertiary/aromatic N) is 3. The maximum absolute atomic E-state index is 13.5. The molecule has 6 nitrogen and oxygen atoms in total. The van der Waals surface area contributed by atoms with E-state index in [9.17, 15) is 19.1 Å². The zero-order chi connectivity index (χ0) is 19.1. The number of halogens is 1. The van der Waals surface area contributed by atoms with E-state index < -0.39 is 6.09 Å². The van der Waals surface area contributed by atoms with Gasteiger partial charge in [0.1, 0.15) is 5.82 Å². The van der Waals surface area contributed by atoms with Crippen molar-refractivity contribution in [3.8, 4) is 0 Å². The topological polar surface area (TPSA) is 64.1 Å². The highest BCUT2D eigenvalue weighted by molar-refractivity contribution is 5.79. The summed E-state index contributed by atoms with van der Waals surface area (Å²) in [6, 6.07) is 4.94. The summed E-state index contributed by atoms with van der Waals surface area (Å²) in [4.78, 5) is 29.6. The van der Waals surface area contributed by atoms with Gasteiger partial charge in [-0.05, 0) is 49.4 Å². The standard InChI is InChI=1S/C20H26FN3O3/c1-13-10-14(21)2-4-17(13)18-11-15(6-7-24(18)20(26)27)22-8-9-23-16(12-22)3-5-19(23)25/h2,4,10,15-16,18H,3,5-9,11-12H2,1H3,(H,26,27)/t15?,16-,18?/m0/s1. The predicted molar refractivity (Wildman–Crippen MR) is 97.9 cm³/mol. The molecule has 0 saturated carbocycles. The van der Waals surface area contributed by atoms with Crippen molar-refractivity contribution in [1.29, 1.82) is 0 Å². The van der Waals surface area contributed by atoms with Gasteiger partial charge in [-0.3, -0.25) is 9.69 Å². The second-order valence-corrected chi connectivity index (χ2v) is 7.95. The van der Waals surface area contributed by atoms with Crippen molar-refractivity contribution in [2.24, 2.45) is 0 Å². The average molecular weight is 375 g/mol. The molecule has 3 heterocycles. The zero-order valence-electron chi connectivity index (χ0n) is 15.6. The number of fused-ring (bicyclic) bond motifs is 1. The van der Waals surface area contributed by atoms with Crippen molar-refractivity contribution in [2.45, 2.75) is 50.7 Å². The maximum Gasteiger partial charge on any atom is 0.407 e. The molecular weight excluding hydrogens is 349 g/mol. The van der Waals surface area contributed by atoms with Gasteiger partial charge in [-0.25, -0.2) is 9.18 Å². The van der Waals surface area contributed by atoms with Gasteiger partial charge in [0.05, 0.1) is 6.04 Å². The number of hydrogen-bond donors (Lipinski definition) is 1. The molecule has 27 heavy (non-hydrogen) atoms. The van der Waals surface area contributed by atoms with Crippen LogP contribution in [0.1, 0.15) is 42.9 Å². The van der Waals surface area contributed by atoms with E-state index in [1.165, 1.54) is 17.0 Å². The zero-order valence-corrected chi connectivity index (χ0v) is 15.6. The molecule has 3 aliphatic rings. The molecule has 3 aliphatic heterocycles. The Morgan fingerprint density at radius 3 is 2.74 bits per heavy atom. The number of carbonyl (C=O) groups is 2. The Bertz CT molecular complexity index is 756. The monoisotopic (exact) mass is 375 g/mol. The number of likely N-dealkylation sites (tertiary alicyclic amines) is 1. The van der Waals surface area contributed by atoms with E-state index in [4.69, 9.17) is 0 Å². The Morgan fingerprint density at radius 1 is 1.19 bits per heavy atom. The van der Waals surface area contributed by atoms with Gasteiger partial charge in [0.25, 0.3) is 0 Å². The fraction of sp³-hybridized carbons (Fsp3) is 0.600. The second-order valence-electron chi connectivity index (χ2n) is 7.95. The third-order valence-electron chi connectivity index (χ3n) is 6.45. The number of carboxylic acid groups (broad SMARTS) is 1. The summed E-state index contributed by atoms with van der Waals surface area (Å²) in [5, 5.41) is 9.66. The van der Waals surface area contributed by atoms with Crippen molar-refractivity contribution in [3.05, 3.63) is 35.1 Å². The minimum absolute atomic E-state index is 0.259. The molecular formula is C20H26FN3O3. The molecule has 1 aromatic carbocycles. The highest BCUT2D eigenvalue weighted by atomic mass is 19.1. The molecule has 3 atom stereocenters. The van der Waals surface area contributed by atoms with Crippen molar-refractivity contribution >= 4 is 12.0 Å². The summed E-state index contributed by atoms with van der Waals surface area (Å²) >= 11 is 0. The third kappa shape index (κ3) is 3.40. The fourth-order valence-corrected chi connectivity index (χ4v) is 5.04. The summed E-state index contributed by atoms with van der Waals surface area (Å²) in [6.07, 6.45) is 2.15. The number of rotatable bonds is 2. The molecule has 3 saturated heterocycles. The molecule has 2 amide bonds. The summed E-state index contributed by atoms with van der Waals surface area (Å²) < 4.78 is 13.5. The van der Waals surface area contributed by atoms with Crippen LogP contribution in [0.3, 0.4) is 0 Å².